The van der Waals surface area contributed by atoms with Gasteiger partial charge in [0.25, 0.3) is 0 Å². The van der Waals surface area contributed by atoms with Crippen molar-refractivity contribution in [2.75, 3.05) is 11.9 Å². The summed E-state index contributed by atoms with van der Waals surface area (Å²) >= 11 is 0. The van der Waals surface area contributed by atoms with Crippen LogP contribution in [0.3, 0.4) is 0 Å². The van der Waals surface area contributed by atoms with Crippen LogP contribution < -0.4 is 16.4 Å². The molecule has 2 amide bonds. The number of urea groups is 1. The Hall–Kier alpha value is -2.30. The Morgan fingerprint density at radius 1 is 1.39 bits per heavy atom. The van der Waals surface area contributed by atoms with E-state index in [4.69, 9.17) is 11.1 Å². The van der Waals surface area contributed by atoms with Gasteiger partial charge in [-0.05, 0) is 37.1 Å². The van der Waals surface area contributed by atoms with Gasteiger partial charge >= 0.3 is 6.03 Å². The van der Waals surface area contributed by atoms with Crippen molar-refractivity contribution in [3.63, 3.8) is 0 Å². The molecule has 0 unspecified atom stereocenters. The third kappa shape index (κ3) is 3.62. The van der Waals surface area contributed by atoms with Gasteiger partial charge in [0.2, 0.25) is 0 Å². The first-order valence-electron chi connectivity index (χ1n) is 5.70. The lowest BCUT2D eigenvalue weighted by Crippen LogP contribution is -2.28. The molecule has 0 aliphatic carbocycles. The number of allylic oxidation sites excluding steroid dienone is 1. The van der Waals surface area contributed by atoms with Crippen LogP contribution in [0, 0.1) is 5.41 Å². The molecule has 0 radical (unpaired) electrons. The van der Waals surface area contributed by atoms with Gasteiger partial charge in [-0.2, -0.15) is 0 Å². The Kier molecular flexibility index (Phi) is 4.92. The zero-order valence-corrected chi connectivity index (χ0v) is 10.6. The Morgan fingerprint density at radius 2 is 2.00 bits per heavy atom. The third-order valence-electron chi connectivity index (χ3n) is 2.43. The van der Waals surface area contributed by atoms with E-state index < -0.39 is 0 Å². The first-order valence-corrected chi connectivity index (χ1v) is 5.70. The van der Waals surface area contributed by atoms with E-state index in [9.17, 15) is 4.79 Å². The van der Waals surface area contributed by atoms with Gasteiger partial charge in [-0.3, -0.25) is 0 Å². The largest absolute Gasteiger partial charge is 0.398 e. The van der Waals surface area contributed by atoms with Crippen LogP contribution in [0.15, 0.2) is 29.8 Å². The first-order chi connectivity index (χ1) is 8.58. The Labute approximate surface area is 107 Å². The lowest BCUT2D eigenvalue weighted by atomic mass is 10.1. The van der Waals surface area contributed by atoms with Crippen molar-refractivity contribution in [3.8, 4) is 0 Å². The van der Waals surface area contributed by atoms with E-state index in [1.807, 2.05) is 19.1 Å². The van der Waals surface area contributed by atoms with Crippen LogP contribution in [0.5, 0.6) is 0 Å². The molecule has 0 aliphatic rings. The van der Waals surface area contributed by atoms with Crippen LogP contribution in [0.4, 0.5) is 10.5 Å². The molecule has 18 heavy (non-hydrogen) atoms. The molecule has 96 valence electrons. The number of rotatable bonds is 4. The summed E-state index contributed by atoms with van der Waals surface area (Å²) in [6.07, 6.45) is 1.22. The normalized spacial score (nSPS) is 11.4. The van der Waals surface area contributed by atoms with Gasteiger partial charge in [0.15, 0.2) is 0 Å². The molecule has 0 aromatic heterocycles. The molecule has 0 fully saturated rings. The summed E-state index contributed by atoms with van der Waals surface area (Å²) in [7, 11) is 0. The Bertz CT molecular complexity index is 462. The molecular formula is C13H18N4O. The zero-order chi connectivity index (χ0) is 13.5. The average molecular weight is 246 g/mol. The first kappa shape index (κ1) is 13.8. The fourth-order valence-corrected chi connectivity index (χ4v) is 1.37. The molecule has 1 aromatic carbocycles. The summed E-state index contributed by atoms with van der Waals surface area (Å²) in [5.41, 5.74) is 8.68. The van der Waals surface area contributed by atoms with Gasteiger partial charge in [0.05, 0.1) is 0 Å². The van der Waals surface area contributed by atoms with Crippen LogP contribution in [0.2, 0.25) is 0 Å². The number of amides is 2. The van der Waals surface area contributed by atoms with Crippen molar-refractivity contribution in [1.82, 2.24) is 5.32 Å². The maximum Gasteiger partial charge on any atom is 0.319 e. The zero-order valence-electron chi connectivity index (χ0n) is 10.6. The highest BCUT2D eigenvalue weighted by Crippen LogP contribution is 2.15. The van der Waals surface area contributed by atoms with Gasteiger partial charge in [-0.1, -0.05) is 12.1 Å². The number of carbonyl (C=O) groups is 1. The molecule has 0 aliphatic heterocycles. The maximum absolute atomic E-state index is 11.3. The molecule has 0 bridgehead atoms. The smallest absolute Gasteiger partial charge is 0.319 e. The summed E-state index contributed by atoms with van der Waals surface area (Å²) < 4.78 is 0. The van der Waals surface area contributed by atoms with E-state index in [0.29, 0.717) is 23.5 Å². The predicted octanol–water partition coefficient (Wildman–Crippen LogP) is 2.17. The summed E-state index contributed by atoms with van der Waals surface area (Å²) in [4.78, 5) is 11.3. The number of nitrogens with one attached hydrogen (secondary N) is 3. The number of carbonyl (C=O) groups excluding carboxylic acids is 1. The number of hydrogen-bond acceptors (Lipinski definition) is 3. The van der Waals surface area contributed by atoms with Crippen molar-refractivity contribution in [2.24, 2.45) is 5.73 Å². The molecule has 0 saturated carbocycles. The average Bonchev–Trinajstić information content (AvgIpc) is 2.38. The second-order valence-electron chi connectivity index (χ2n) is 3.80. The minimum atomic E-state index is -0.232. The molecule has 0 saturated heterocycles. The van der Waals surface area contributed by atoms with Crippen LogP contribution in [-0.2, 0) is 0 Å². The Morgan fingerprint density at radius 3 is 2.50 bits per heavy atom. The summed E-state index contributed by atoms with van der Waals surface area (Å²) in [5, 5.41) is 12.5. The summed E-state index contributed by atoms with van der Waals surface area (Å²) in [6, 6.07) is 6.93. The molecule has 5 N–H and O–H groups in total. The molecule has 0 atom stereocenters. The monoisotopic (exact) mass is 246 g/mol. The number of hydrogen-bond donors (Lipinski definition) is 4. The SMILES string of the molecule is CCNC(=O)Nc1ccc(C(N)=C(C)C=N)cc1. The van der Waals surface area contributed by atoms with E-state index in [-0.39, 0.29) is 6.03 Å². The van der Waals surface area contributed by atoms with Crippen molar-refractivity contribution < 1.29 is 4.79 Å². The van der Waals surface area contributed by atoms with Crippen LogP contribution in [-0.4, -0.2) is 18.8 Å². The van der Waals surface area contributed by atoms with Gasteiger partial charge in [-0.15, -0.1) is 0 Å². The number of benzene rings is 1. The minimum Gasteiger partial charge on any atom is -0.398 e. The van der Waals surface area contributed by atoms with E-state index in [0.717, 1.165) is 5.56 Å². The highest BCUT2D eigenvalue weighted by atomic mass is 16.2. The topological polar surface area (TPSA) is 91.0 Å². The molecule has 1 aromatic rings. The number of anilines is 1. The molecule has 0 heterocycles. The van der Waals surface area contributed by atoms with Gasteiger partial charge < -0.3 is 21.8 Å². The van der Waals surface area contributed by atoms with E-state index in [1.54, 1.807) is 19.1 Å². The van der Waals surface area contributed by atoms with E-state index in [1.165, 1.54) is 6.21 Å². The fraction of sp³-hybridized carbons (Fsp3) is 0.231. The van der Waals surface area contributed by atoms with Crippen LogP contribution in [0.25, 0.3) is 5.70 Å². The minimum absolute atomic E-state index is 0.232. The third-order valence-corrected chi connectivity index (χ3v) is 2.43. The van der Waals surface area contributed by atoms with Gasteiger partial charge in [-0.25, -0.2) is 4.79 Å². The number of nitrogens with two attached hydrogens (primary N) is 1. The summed E-state index contributed by atoms with van der Waals surface area (Å²) in [6.45, 7) is 4.22. The molecule has 0 spiro atoms. The lowest BCUT2D eigenvalue weighted by Gasteiger charge is -2.08. The van der Waals surface area contributed by atoms with Crippen LogP contribution >= 0.6 is 0 Å². The van der Waals surface area contributed by atoms with Gasteiger partial charge in [0.1, 0.15) is 0 Å². The van der Waals surface area contributed by atoms with Crippen molar-refractivity contribution in [2.45, 2.75) is 13.8 Å². The summed E-state index contributed by atoms with van der Waals surface area (Å²) in [5.74, 6) is 0. The van der Waals surface area contributed by atoms with Crippen molar-refractivity contribution in [1.29, 1.82) is 5.41 Å². The predicted molar refractivity (Wildman–Crippen MR) is 74.7 cm³/mol. The van der Waals surface area contributed by atoms with E-state index >= 15 is 0 Å². The lowest BCUT2D eigenvalue weighted by molar-refractivity contribution is 0.252. The van der Waals surface area contributed by atoms with Crippen molar-refractivity contribution in [3.05, 3.63) is 35.4 Å². The highest BCUT2D eigenvalue weighted by Gasteiger charge is 2.02. The molecule has 1 rings (SSSR count). The Balaban J connectivity index is 2.80. The second kappa shape index (κ2) is 6.44. The fourth-order valence-electron chi connectivity index (χ4n) is 1.37. The quantitative estimate of drug-likeness (QED) is 0.613. The van der Waals surface area contributed by atoms with Crippen LogP contribution in [0.1, 0.15) is 19.4 Å². The highest BCUT2D eigenvalue weighted by molar-refractivity contribution is 5.90. The molecule has 5 nitrogen and oxygen atoms in total. The maximum atomic E-state index is 11.3. The molecular weight excluding hydrogens is 228 g/mol. The molecule has 5 heteroatoms. The van der Waals surface area contributed by atoms with E-state index in [2.05, 4.69) is 10.6 Å². The standard InChI is InChI=1S/C13H18N4O/c1-3-16-13(18)17-11-6-4-10(5-7-11)12(15)9(2)8-14/h4-8,14H,3,15H2,1-2H3,(H2,16,17,18). The van der Waals surface area contributed by atoms with Crippen molar-refractivity contribution >= 4 is 23.6 Å². The second-order valence-corrected chi connectivity index (χ2v) is 3.80. The van der Waals surface area contributed by atoms with Gasteiger partial charge in [0, 0.05) is 24.1 Å².